The van der Waals surface area contributed by atoms with E-state index in [1.807, 2.05) is 23.1 Å². The number of anilines is 1. The molecular formula is C19H20ClN3O3. The molecule has 6 nitrogen and oxygen atoms in total. The van der Waals surface area contributed by atoms with Crippen LogP contribution >= 0.6 is 11.6 Å². The fourth-order valence-corrected chi connectivity index (χ4v) is 4.05. The van der Waals surface area contributed by atoms with Crippen molar-refractivity contribution < 1.29 is 9.66 Å². The number of halogens is 1. The Kier molecular flexibility index (Phi) is 4.80. The van der Waals surface area contributed by atoms with Crippen LogP contribution in [0.2, 0.25) is 5.02 Å². The minimum Gasteiger partial charge on any atom is -0.373 e. The third-order valence-electron chi connectivity index (χ3n) is 5.12. The van der Waals surface area contributed by atoms with Gasteiger partial charge in [0.25, 0.3) is 5.69 Å². The van der Waals surface area contributed by atoms with Crippen LogP contribution in [0.25, 0.3) is 0 Å². The highest BCUT2D eigenvalue weighted by Crippen LogP contribution is 2.35. The van der Waals surface area contributed by atoms with E-state index in [0.29, 0.717) is 30.4 Å². The summed E-state index contributed by atoms with van der Waals surface area (Å²) >= 11 is 5.95. The van der Waals surface area contributed by atoms with E-state index in [2.05, 4.69) is 17.0 Å². The maximum absolute atomic E-state index is 11.4. The lowest BCUT2D eigenvalue weighted by molar-refractivity contribution is -0.384. The van der Waals surface area contributed by atoms with Crippen molar-refractivity contribution in [3.63, 3.8) is 0 Å². The Morgan fingerprint density at radius 2 is 2.00 bits per heavy atom. The van der Waals surface area contributed by atoms with Crippen molar-refractivity contribution in [3.8, 4) is 0 Å². The zero-order valence-corrected chi connectivity index (χ0v) is 15.0. The van der Waals surface area contributed by atoms with Crippen molar-refractivity contribution in [2.45, 2.75) is 18.7 Å². The van der Waals surface area contributed by atoms with Gasteiger partial charge in [0, 0.05) is 37.3 Å². The minimum atomic E-state index is -0.369. The summed E-state index contributed by atoms with van der Waals surface area (Å²) in [4.78, 5) is 15.5. The van der Waals surface area contributed by atoms with E-state index in [9.17, 15) is 10.1 Å². The summed E-state index contributed by atoms with van der Waals surface area (Å²) in [5.41, 5.74) is 1.92. The van der Waals surface area contributed by atoms with E-state index < -0.39 is 0 Å². The van der Waals surface area contributed by atoms with Crippen molar-refractivity contribution in [3.05, 3.63) is 69.2 Å². The van der Waals surface area contributed by atoms with Gasteiger partial charge in [-0.25, -0.2) is 0 Å². The van der Waals surface area contributed by atoms with Crippen LogP contribution in [-0.2, 0) is 11.3 Å². The maximum Gasteiger partial charge on any atom is 0.294 e. The lowest BCUT2D eigenvalue weighted by Crippen LogP contribution is -2.50. The molecule has 0 amide bonds. The topological polar surface area (TPSA) is 58.9 Å². The molecule has 0 aliphatic carbocycles. The molecule has 2 saturated heterocycles. The monoisotopic (exact) mass is 373 g/mol. The quantitative estimate of drug-likeness (QED) is 0.607. The van der Waals surface area contributed by atoms with E-state index in [0.717, 1.165) is 13.1 Å². The van der Waals surface area contributed by atoms with E-state index in [1.54, 1.807) is 12.1 Å². The Hall–Kier alpha value is -2.15. The van der Waals surface area contributed by atoms with Gasteiger partial charge >= 0.3 is 0 Å². The zero-order chi connectivity index (χ0) is 18.1. The molecule has 2 aromatic carbocycles. The number of nitro groups is 1. The van der Waals surface area contributed by atoms with Crippen LogP contribution in [0.1, 0.15) is 5.56 Å². The van der Waals surface area contributed by atoms with E-state index in [1.165, 1.54) is 11.6 Å². The SMILES string of the molecule is O=[N+]([O-])c1cc(Cl)ccc1N1CC2OCCN(Cc3ccccc3)C2C1. The van der Waals surface area contributed by atoms with E-state index in [4.69, 9.17) is 16.3 Å². The lowest BCUT2D eigenvalue weighted by atomic mass is 10.1. The Morgan fingerprint density at radius 3 is 2.77 bits per heavy atom. The second-order valence-corrected chi connectivity index (χ2v) is 7.16. The molecule has 136 valence electrons. The Labute approximate surface area is 157 Å². The lowest BCUT2D eigenvalue weighted by Gasteiger charge is -2.36. The number of morpholine rings is 1. The molecule has 0 spiro atoms. The molecule has 0 bridgehead atoms. The highest BCUT2D eigenvalue weighted by molar-refractivity contribution is 6.30. The molecule has 2 aliphatic rings. The molecule has 7 heteroatoms. The van der Waals surface area contributed by atoms with Gasteiger partial charge in [0.1, 0.15) is 5.69 Å². The summed E-state index contributed by atoms with van der Waals surface area (Å²) < 4.78 is 5.97. The number of fused-ring (bicyclic) bond motifs is 1. The molecule has 0 radical (unpaired) electrons. The second-order valence-electron chi connectivity index (χ2n) is 6.73. The predicted molar refractivity (Wildman–Crippen MR) is 101 cm³/mol. The second kappa shape index (κ2) is 7.23. The third-order valence-corrected chi connectivity index (χ3v) is 5.35. The van der Waals surface area contributed by atoms with Crippen molar-refractivity contribution in [2.75, 3.05) is 31.1 Å². The third kappa shape index (κ3) is 3.40. The molecule has 2 heterocycles. The van der Waals surface area contributed by atoms with Gasteiger partial charge in [0.05, 0.1) is 23.7 Å². The van der Waals surface area contributed by atoms with Gasteiger partial charge in [-0.3, -0.25) is 15.0 Å². The molecular weight excluding hydrogens is 354 g/mol. The smallest absolute Gasteiger partial charge is 0.294 e. The number of nitro benzene ring substituents is 1. The minimum absolute atomic E-state index is 0.0470. The van der Waals surface area contributed by atoms with Gasteiger partial charge in [-0.2, -0.15) is 0 Å². The first kappa shape index (κ1) is 17.3. The first-order chi connectivity index (χ1) is 12.6. The van der Waals surface area contributed by atoms with Crippen LogP contribution in [0.5, 0.6) is 0 Å². The predicted octanol–water partition coefficient (Wildman–Crippen LogP) is 3.34. The van der Waals surface area contributed by atoms with Crippen molar-refractivity contribution in [1.82, 2.24) is 4.90 Å². The van der Waals surface area contributed by atoms with Gasteiger partial charge in [0.15, 0.2) is 0 Å². The number of hydrogen-bond acceptors (Lipinski definition) is 5. The number of nitrogens with zero attached hydrogens (tertiary/aromatic N) is 3. The molecule has 2 aliphatic heterocycles. The highest BCUT2D eigenvalue weighted by Gasteiger charge is 2.41. The van der Waals surface area contributed by atoms with E-state index >= 15 is 0 Å². The summed E-state index contributed by atoms with van der Waals surface area (Å²) in [5.74, 6) is 0. The Morgan fingerprint density at radius 1 is 1.19 bits per heavy atom. The van der Waals surface area contributed by atoms with Crippen LogP contribution in [0.15, 0.2) is 48.5 Å². The first-order valence-electron chi connectivity index (χ1n) is 8.70. The molecule has 0 aromatic heterocycles. The van der Waals surface area contributed by atoms with Crippen LogP contribution in [0, 0.1) is 10.1 Å². The van der Waals surface area contributed by atoms with Gasteiger partial charge in [0.2, 0.25) is 0 Å². The average Bonchev–Trinajstić information content (AvgIpc) is 3.07. The van der Waals surface area contributed by atoms with Gasteiger partial charge in [-0.05, 0) is 17.7 Å². The summed E-state index contributed by atoms with van der Waals surface area (Å²) in [6.45, 7) is 3.78. The van der Waals surface area contributed by atoms with Crippen LogP contribution < -0.4 is 4.90 Å². The molecule has 2 unspecified atom stereocenters. The van der Waals surface area contributed by atoms with Crippen LogP contribution in [0.3, 0.4) is 0 Å². The first-order valence-corrected chi connectivity index (χ1v) is 9.08. The maximum atomic E-state index is 11.4. The Bertz CT molecular complexity index is 802. The fraction of sp³-hybridized carbons (Fsp3) is 0.368. The fourth-order valence-electron chi connectivity index (χ4n) is 3.88. The van der Waals surface area contributed by atoms with Crippen molar-refractivity contribution in [2.24, 2.45) is 0 Å². The highest BCUT2D eigenvalue weighted by atomic mass is 35.5. The van der Waals surface area contributed by atoms with Gasteiger partial charge in [-0.15, -0.1) is 0 Å². The largest absolute Gasteiger partial charge is 0.373 e. The molecule has 0 N–H and O–H groups in total. The van der Waals surface area contributed by atoms with Crippen LogP contribution in [0.4, 0.5) is 11.4 Å². The standard InChI is InChI=1S/C19H20ClN3O3/c20-15-6-7-16(17(10-15)23(24)25)22-12-18-19(13-22)26-9-8-21(18)11-14-4-2-1-3-5-14/h1-7,10,18-19H,8-9,11-13H2. The average molecular weight is 374 g/mol. The van der Waals surface area contributed by atoms with Crippen LogP contribution in [-0.4, -0.2) is 48.2 Å². The molecule has 0 saturated carbocycles. The number of rotatable bonds is 4. The molecule has 2 atom stereocenters. The van der Waals surface area contributed by atoms with Gasteiger partial charge < -0.3 is 9.64 Å². The van der Waals surface area contributed by atoms with Crippen molar-refractivity contribution >= 4 is 23.0 Å². The van der Waals surface area contributed by atoms with E-state index in [-0.39, 0.29) is 22.8 Å². The number of benzene rings is 2. The zero-order valence-electron chi connectivity index (χ0n) is 14.3. The molecule has 2 aromatic rings. The van der Waals surface area contributed by atoms with Gasteiger partial charge in [-0.1, -0.05) is 41.9 Å². The summed E-state index contributed by atoms with van der Waals surface area (Å²) in [6, 6.07) is 15.4. The number of ether oxygens (including phenoxy) is 1. The number of hydrogen-bond donors (Lipinski definition) is 0. The molecule has 4 rings (SSSR count). The molecule has 2 fully saturated rings. The summed E-state index contributed by atoms with van der Waals surface area (Å²) in [6.07, 6.45) is 0.0581. The Balaban J connectivity index is 1.55. The summed E-state index contributed by atoms with van der Waals surface area (Å²) in [5, 5.41) is 11.8. The van der Waals surface area contributed by atoms with Crippen molar-refractivity contribution in [1.29, 1.82) is 0 Å². The molecule has 26 heavy (non-hydrogen) atoms. The normalized spacial score (nSPS) is 23.0. The summed E-state index contributed by atoms with van der Waals surface area (Å²) in [7, 11) is 0.